The van der Waals surface area contributed by atoms with Gasteiger partial charge in [0, 0.05) is 16.8 Å². The standard InChI is InChI=1S/C19H18Cl2FNO2/c1-11-3-4-13-9-15(22)6-7-17(13)23(11)19(24)12(2)25-18-8-5-14(20)10-16(18)21/h5-12H,3-4H2,1-2H3. The van der Waals surface area contributed by atoms with E-state index in [1.54, 1.807) is 36.1 Å². The molecule has 1 amide bonds. The highest BCUT2D eigenvalue weighted by atomic mass is 35.5. The van der Waals surface area contributed by atoms with Crippen LogP contribution in [-0.4, -0.2) is 18.1 Å². The molecule has 2 unspecified atom stereocenters. The summed E-state index contributed by atoms with van der Waals surface area (Å²) in [7, 11) is 0. The molecule has 0 saturated heterocycles. The Hall–Kier alpha value is -1.78. The number of carbonyl (C=O) groups excluding carboxylic acids is 1. The summed E-state index contributed by atoms with van der Waals surface area (Å²) in [5, 5.41) is 0.846. The van der Waals surface area contributed by atoms with E-state index in [1.165, 1.54) is 12.1 Å². The third-order valence-corrected chi connectivity index (χ3v) is 4.89. The molecule has 0 bridgehead atoms. The highest BCUT2D eigenvalue weighted by Crippen LogP contribution is 2.33. The van der Waals surface area contributed by atoms with E-state index in [2.05, 4.69) is 0 Å². The number of anilines is 1. The second kappa shape index (κ2) is 7.22. The fourth-order valence-electron chi connectivity index (χ4n) is 3.06. The lowest BCUT2D eigenvalue weighted by molar-refractivity contribution is -0.125. The van der Waals surface area contributed by atoms with E-state index in [0.29, 0.717) is 15.8 Å². The summed E-state index contributed by atoms with van der Waals surface area (Å²) in [6.07, 6.45) is 0.782. The maximum absolute atomic E-state index is 13.5. The van der Waals surface area contributed by atoms with Crippen LogP contribution in [0.3, 0.4) is 0 Å². The van der Waals surface area contributed by atoms with Crippen molar-refractivity contribution in [2.45, 2.75) is 38.8 Å². The zero-order valence-electron chi connectivity index (χ0n) is 13.9. The minimum Gasteiger partial charge on any atom is -0.479 e. The van der Waals surface area contributed by atoms with Crippen LogP contribution < -0.4 is 9.64 Å². The first-order chi connectivity index (χ1) is 11.9. The third kappa shape index (κ3) is 3.75. The predicted molar refractivity (Wildman–Crippen MR) is 98.2 cm³/mol. The summed E-state index contributed by atoms with van der Waals surface area (Å²) in [6.45, 7) is 3.66. The smallest absolute Gasteiger partial charge is 0.268 e. The Bertz CT molecular complexity index is 812. The Kier molecular flexibility index (Phi) is 5.21. The number of amides is 1. The first-order valence-corrected chi connectivity index (χ1v) is 8.85. The Morgan fingerprint density at radius 1 is 1.28 bits per heavy atom. The van der Waals surface area contributed by atoms with Crippen LogP contribution in [-0.2, 0) is 11.2 Å². The number of carbonyl (C=O) groups is 1. The second-order valence-electron chi connectivity index (χ2n) is 6.20. The first-order valence-electron chi connectivity index (χ1n) is 8.10. The van der Waals surface area contributed by atoms with Crippen molar-refractivity contribution < 1.29 is 13.9 Å². The molecule has 2 aromatic carbocycles. The van der Waals surface area contributed by atoms with Crippen LogP contribution in [0.4, 0.5) is 10.1 Å². The van der Waals surface area contributed by atoms with Crippen LogP contribution in [0, 0.1) is 5.82 Å². The van der Waals surface area contributed by atoms with Crippen molar-refractivity contribution in [3.63, 3.8) is 0 Å². The number of rotatable bonds is 3. The Balaban J connectivity index is 1.84. The van der Waals surface area contributed by atoms with E-state index in [4.69, 9.17) is 27.9 Å². The van der Waals surface area contributed by atoms with E-state index in [-0.39, 0.29) is 17.8 Å². The molecule has 25 heavy (non-hydrogen) atoms. The molecule has 2 aromatic rings. The molecular weight excluding hydrogens is 364 g/mol. The molecule has 2 atom stereocenters. The van der Waals surface area contributed by atoms with Gasteiger partial charge < -0.3 is 9.64 Å². The van der Waals surface area contributed by atoms with Gasteiger partial charge in [-0.25, -0.2) is 4.39 Å². The van der Waals surface area contributed by atoms with Gasteiger partial charge in [-0.1, -0.05) is 23.2 Å². The van der Waals surface area contributed by atoms with Gasteiger partial charge in [0.15, 0.2) is 6.10 Å². The summed E-state index contributed by atoms with van der Waals surface area (Å²) in [5.41, 5.74) is 1.57. The summed E-state index contributed by atoms with van der Waals surface area (Å²) >= 11 is 12.0. The number of fused-ring (bicyclic) bond motifs is 1. The van der Waals surface area contributed by atoms with Crippen molar-refractivity contribution in [2.75, 3.05) is 4.90 Å². The van der Waals surface area contributed by atoms with Crippen LogP contribution in [0.1, 0.15) is 25.8 Å². The number of nitrogens with zero attached hydrogens (tertiary/aromatic N) is 1. The van der Waals surface area contributed by atoms with Crippen molar-refractivity contribution in [1.29, 1.82) is 0 Å². The zero-order valence-corrected chi connectivity index (χ0v) is 15.4. The van der Waals surface area contributed by atoms with E-state index >= 15 is 0 Å². The second-order valence-corrected chi connectivity index (χ2v) is 7.05. The van der Waals surface area contributed by atoms with Gasteiger partial charge >= 0.3 is 0 Å². The lowest BCUT2D eigenvalue weighted by Crippen LogP contribution is -2.48. The topological polar surface area (TPSA) is 29.5 Å². The average Bonchev–Trinajstić information content (AvgIpc) is 2.57. The molecule has 132 valence electrons. The molecule has 6 heteroatoms. The minimum absolute atomic E-state index is 0.0113. The lowest BCUT2D eigenvalue weighted by atomic mass is 9.96. The molecule has 1 aliphatic rings. The average molecular weight is 382 g/mol. The van der Waals surface area contributed by atoms with Crippen LogP contribution in [0.15, 0.2) is 36.4 Å². The van der Waals surface area contributed by atoms with E-state index in [1.807, 2.05) is 6.92 Å². The largest absolute Gasteiger partial charge is 0.479 e. The highest BCUT2D eigenvalue weighted by molar-refractivity contribution is 6.35. The van der Waals surface area contributed by atoms with Crippen molar-refractivity contribution in [1.82, 2.24) is 0 Å². The monoisotopic (exact) mass is 381 g/mol. The number of hydrogen-bond acceptors (Lipinski definition) is 2. The zero-order chi connectivity index (χ0) is 18.1. The minimum atomic E-state index is -0.739. The van der Waals surface area contributed by atoms with Crippen LogP contribution in [0.5, 0.6) is 5.75 Å². The molecule has 3 nitrogen and oxygen atoms in total. The summed E-state index contributed by atoms with van der Waals surface area (Å²) in [6, 6.07) is 9.38. The van der Waals surface area contributed by atoms with Gasteiger partial charge in [0.2, 0.25) is 0 Å². The van der Waals surface area contributed by atoms with Crippen LogP contribution >= 0.6 is 23.2 Å². The van der Waals surface area contributed by atoms with E-state index in [0.717, 1.165) is 24.1 Å². The quantitative estimate of drug-likeness (QED) is 0.724. The van der Waals surface area contributed by atoms with E-state index in [9.17, 15) is 9.18 Å². The van der Waals surface area contributed by atoms with Crippen LogP contribution in [0.2, 0.25) is 10.0 Å². The molecule has 0 aliphatic carbocycles. The summed E-state index contributed by atoms with van der Waals surface area (Å²) in [5.74, 6) is -0.0834. The van der Waals surface area contributed by atoms with Crippen molar-refractivity contribution in [3.8, 4) is 5.75 Å². The molecular formula is C19H18Cl2FNO2. The molecule has 0 N–H and O–H groups in total. The fourth-order valence-corrected chi connectivity index (χ4v) is 3.52. The van der Waals surface area contributed by atoms with Gasteiger partial charge in [-0.3, -0.25) is 4.79 Å². The van der Waals surface area contributed by atoms with Gasteiger partial charge in [0.05, 0.1) is 5.02 Å². The molecule has 0 radical (unpaired) electrons. The lowest BCUT2D eigenvalue weighted by Gasteiger charge is -2.36. The maximum atomic E-state index is 13.5. The first kappa shape index (κ1) is 18.0. The van der Waals surface area contributed by atoms with Gasteiger partial charge in [0.25, 0.3) is 5.91 Å². The molecule has 1 aliphatic heterocycles. The van der Waals surface area contributed by atoms with Gasteiger partial charge in [-0.05, 0) is 68.7 Å². The SMILES string of the molecule is CC(Oc1ccc(Cl)cc1Cl)C(=O)N1c2ccc(F)cc2CCC1C. The molecule has 1 heterocycles. The number of benzene rings is 2. The van der Waals surface area contributed by atoms with E-state index < -0.39 is 6.10 Å². The maximum Gasteiger partial charge on any atom is 0.268 e. The van der Waals surface area contributed by atoms with Gasteiger partial charge in [-0.15, -0.1) is 0 Å². The highest BCUT2D eigenvalue weighted by Gasteiger charge is 2.32. The summed E-state index contributed by atoms with van der Waals surface area (Å²) < 4.78 is 19.2. The van der Waals surface area contributed by atoms with Crippen molar-refractivity contribution >= 4 is 34.8 Å². The molecule has 0 fully saturated rings. The third-order valence-electron chi connectivity index (χ3n) is 4.36. The molecule has 0 saturated carbocycles. The molecule has 3 rings (SSSR count). The van der Waals surface area contributed by atoms with Gasteiger partial charge in [0.1, 0.15) is 11.6 Å². The predicted octanol–water partition coefficient (Wildman–Crippen LogP) is 5.27. The summed E-state index contributed by atoms with van der Waals surface area (Å²) in [4.78, 5) is 14.7. The molecule has 0 spiro atoms. The molecule has 0 aromatic heterocycles. The fraction of sp³-hybridized carbons (Fsp3) is 0.316. The van der Waals surface area contributed by atoms with Crippen molar-refractivity contribution in [3.05, 3.63) is 57.8 Å². The number of halogens is 3. The van der Waals surface area contributed by atoms with Crippen LogP contribution in [0.25, 0.3) is 0 Å². The Morgan fingerprint density at radius 3 is 2.76 bits per heavy atom. The van der Waals surface area contributed by atoms with Gasteiger partial charge in [-0.2, -0.15) is 0 Å². The Labute approximate surface area is 156 Å². The number of ether oxygens (including phenoxy) is 1. The Morgan fingerprint density at radius 2 is 2.04 bits per heavy atom. The number of hydrogen-bond donors (Lipinski definition) is 0. The normalized spacial score (nSPS) is 17.8. The number of aryl methyl sites for hydroxylation is 1. The van der Waals surface area contributed by atoms with Crippen molar-refractivity contribution in [2.24, 2.45) is 0 Å².